The minimum absolute atomic E-state index is 0.00451. The van der Waals surface area contributed by atoms with Gasteiger partial charge in [0, 0.05) is 12.2 Å². The Labute approximate surface area is 144 Å². The summed E-state index contributed by atoms with van der Waals surface area (Å²) in [5, 5.41) is 12.2. The van der Waals surface area contributed by atoms with E-state index in [1.54, 1.807) is 29.2 Å². The van der Waals surface area contributed by atoms with Crippen LogP contribution < -0.4 is 10.2 Å². The van der Waals surface area contributed by atoms with Crippen molar-refractivity contribution in [2.45, 2.75) is 12.2 Å². The van der Waals surface area contributed by atoms with Crippen LogP contribution in [0, 0.1) is 6.92 Å². The van der Waals surface area contributed by atoms with Crippen LogP contribution in [0.25, 0.3) is 0 Å². The largest absolute Gasteiger partial charge is 0.508 e. The van der Waals surface area contributed by atoms with Gasteiger partial charge in [-0.2, -0.15) is 0 Å². The number of benzene rings is 2. The van der Waals surface area contributed by atoms with E-state index in [9.17, 15) is 9.90 Å². The number of aryl methyl sites for hydroxylation is 1. The molecule has 23 heavy (non-hydrogen) atoms. The lowest BCUT2D eigenvalue weighted by molar-refractivity contribution is -0.116. The molecular formula is C17H16N2O2S2. The Hall–Kier alpha value is -2.05. The summed E-state index contributed by atoms with van der Waals surface area (Å²) in [6.45, 7) is 2.49. The summed E-state index contributed by atoms with van der Waals surface area (Å²) in [7, 11) is 0. The van der Waals surface area contributed by atoms with Crippen molar-refractivity contribution in [3.05, 3.63) is 54.1 Å². The molecule has 4 nitrogen and oxygen atoms in total. The molecule has 1 heterocycles. The lowest BCUT2D eigenvalue weighted by atomic mass is 10.2. The van der Waals surface area contributed by atoms with Gasteiger partial charge in [0.25, 0.3) is 0 Å². The van der Waals surface area contributed by atoms with Crippen LogP contribution >= 0.6 is 24.0 Å². The van der Waals surface area contributed by atoms with Crippen LogP contribution in [0.1, 0.15) is 5.56 Å². The van der Waals surface area contributed by atoms with Gasteiger partial charge in [-0.05, 0) is 43.3 Å². The van der Waals surface area contributed by atoms with Crippen molar-refractivity contribution < 1.29 is 9.90 Å². The number of thioether (sulfide) groups is 1. The zero-order valence-electron chi connectivity index (χ0n) is 12.5. The number of thiocarbonyl (C=S) groups is 1. The van der Waals surface area contributed by atoms with E-state index in [4.69, 9.17) is 12.2 Å². The van der Waals surface area contributed by atoms with Gasteiger partial charge >= 0.3 is 0 Å². The van der Waals surface area contributed by atoms with Crippen molar-refractivity contribution in [3.8, 4) is 5.75 Å². The number of carbonyl (C=O) groups excluding carboxylic acids is 1. The molecule has 0 aliphatic carbocycles. The molecule has 1 saturated heterocycles. The second-order valence-corrected chi connectivity index (χ2v) is 7.15. The topological polar surface area (TPSA) is 52.6 Å². The maximum absolute atomic E-state index is 12.6. The van der Waals surface area contributed by atoms with Crippen LogP contribution in [0.5, 0.6) is 5.75 Å². The molecule has 2 aromatic rings. The van der Waals surface area contributed by atoms with E-state index in [0.29, 0.717) is 10.9 Å². The molecule has 1 fully saturated rings. The lowest BCUT2D eigenvalue weighted by Crippen LogP contribution is -2.33. The number of carbonyl (C=O) groups is 1. The second kappa shape index (κ2) is 6.60. The molecule has 1 amide bonds. The van der Waals surface area contributed by atoms with E-state index in [0.717, 1.165) is 16.9 Å². The fourth-order valence-electron chi connectivity index (χ4n) is 2.30. The highest BCUT2D eigenvalue weighted by Gasteiger charge is 2.37. The van der Waals surface area contributed by atoms with Crippen LogP contribution in [0.15, 0.2) is 48.5 Å². The number of rotatable bonds is 4. The van der Waals surface area contributed by atoms with Gasteiger partial charge in [-0.1, -0.05) is 41.7 Å². The average molecular weight is 344 g/mol. The SMILES string of the molecule is Cc1ccc(N2C(=O)C(CNc3ccc(O)cc3)SC2=S)cc1. The third kappa shape index (κ3) is 3.48. The summed E-state index contributed by atoms with van der Waals surface area (Å²) in [6, 6.07) is 14.5. The summed E-state index contributed by atoms with van der Waals surface area (Å²) in [6.07, 6.45) is 0. The third-order valence-corrected chi connectivity index (χ3v) is 5.08. The smallest absolute Gasteiger partial charge is 0.247 e. The first kappa shape index (κ1) is 15.8. The average Bonchev–Trinajstić information content (AvgIpc) is 2.82. The molecular weight excluding hydrogens is 328 g/mol. The monoisotopic (exact) mass is 344 g/mol. The Kier molecular flexibility index (Phi) is 4.54. The van der Waals surface area contributed by atoms with Gasteiger partial charge in [-0.15, -0.1) is 0 Å². The van der Waals surface area contributed by atoms with Gasteiger partial charge in [0.15, 0.2) is 0 Å². The van der Waals surface area contributed by atoms with Gasteiger partial charge in [0.2, 0.25) is 5.91 Å². The molecule has 0 spiro atoms. The number of phenols is 1. The molecule has 0 saturated carbocycles. The number of nitrogens with zero attached hydrogens (tertiary/aromatic N) is 1. The maximum Gasteiger partial charge on any atom is 0.247 e. The summed E-state index contributed by atoms with van der Waals surface area (Å²) in [5.41, 5.74) is 2.81. The van der Waals surface area contributed by atoms with E-state index in [1.165, 1.54) is 11.8 Å². The summed E-state index contributed by atoms with van der Waals surface area (Å²) in [5.74, 6) is 0.212. The molecule has 2 N–H and O–H groups in total. The number of aromatic hydroxyl groups is 1. The Balaban J connectivity index is 1.68. The van der Waals surface area contributed by atoms with Gasteiger partial charge < -0.3 is 10.4 Å². The molecule has 0 aromatic heterocycles. The third-order valence-electron chi connectivity index (χ3n) is 3.57. The zero-order valence-corrected chi connectivity index (χ0v) is 14.2. The molecule has 0 bridgehead atoms. The molecule has 118 valence electrons. The van der Waals surface area contributed by atoms with E-state index in [2.05, 4.69) is 5.32 Å². The van der Waals surface area contributed by atoms with Gasteiger partial charge in [-0.25, -0.2) is 0 Å². The van der Waals surface area contributed by atoms with E-state index in [1.807, 2.05) is 31.2 Å². The minimum Gasteiger partial charge on any atom is -0.508 e. The fourth-order valence-corrected chi connectivity index (χ4v) is 3.76. The normalized spacial score (nSPS) is 17.6. The van der Waals surface area contributed by atoms with E-state index < -0.39 is 0 Å². The quantitative estimate of drug-likeness (QED) is 0.656. The number of phenolic OH excluding ortho intramolecular Hbond substituents is 1. The van der Waals surface area contributed by atoms with Crippen LogP contribution in [-0.2, 0) is 4.79 Å². The molecule has 1 aliphatic heterocycles. The van der Waals surface area contributed by atoms with Crippen LogP contribution in [0.4, 0.5) is 11.4 Å². The number of nitrogens with one attached hydrogen (secondary N) is 1. The molecule has 2 aromatic carbocycles. The fraction of sp³-hybridized carbons (Fsp3) is 0.176. The van der Waals surface area contributed by atoms with Crippen LogP contribution in [0.2, 0.25) is 0 Å². The highest BCUT2D eigenvalue weighted by molar-refractivity contribution is 8.25. The Morgan fingerprint density at radius 2 is 1.83 bits per heavy atom. The van der Waals surface area contributed by atoms with Crippen molar-refractivity contribution in [3.63, 3.8) is 0 Å². The first-order chi connectivity index (χ1) is 11.0. The van der Waals surface area contributed by atoms with Crippen molar-refractivity contribution >= 4 is 45.6 Å². The van der Waals surface area contributed by atoms with E-state index in [-0.39, 0.29) is 16.9 Å². The highest BCUT2D eigenvalue weighted by atomic mass is 32.2. The first-order valence-corrected chi connectivity index (χ1v) is 8.47. The van der Waals surface area contributed by atoms with Crippen LogP contribution in [0.3, 0.4) is 0 Å². The van der Waals surface area contributed by atoms with Crippen LogP contribution in [-0.4, -0.2) is 27.1 Å². The van der Waals surface area contributed by atoms with Gasteiger partial charge in [-0.3, -0.25) is 9.69 Å². The molecule has 1 unspecified atom stereocenters. The highest BCUT2D eigenvalue weighted by Crippen LogP contribution is 2.32. The Morgan fingerprint density at radius 1 is 1.17 bits per heavy atom. The second-order valence-electron chi connectivity index (χ2n) is 5.31. The predicted molar refractivity (Wildman–Crippen MR) is 99.2 cm³/mol. The maximum atomic E-state index is 12.6. The molecule has 1 atom stereocenters. The zero-order chi connectivity index (χ0) is 16.4. The number of hydrogen-bond acceptors (Lipinski definition) is 5. The first-order valence-electron chi connectivity index (χ1n) is 7.19. The molecule has 6 heteroatoms. The molecule has 1 aliphatic rings. The van der Waals surface area contributed by atoms with Crippen molar-refractivity contribution in [1.82, 2.24) is 0 Å². The summed E-state index contributed by atoms with van der Waals surface area (Å²) >= 11 is 6.76. The minimum atomic E-state index is -0.252. The predicted octanol–water partition coefficient (Wildman–Crippen LogP) is 3.55. The Morgan fingerprint density at radius 3 is 2.48 bits per heavy atom. The Bertz CT molecular complexity index is 729. The molecule has 0 radical (unpaired) electrons. The number of anilines is 2. The van der Waals surface area contributed by atoms with Crippen molar-refractivity contribution in [1.29, 1.82) is 0 Å². The number of amides is 1. The summed E-state index contributed by atoms with van der Waals surface area (Å²) in [4.78, 5) is 14.2. The van der Waals surface area contributed by atoms with E-state index >= 15 is 0 Å². The lowest BCUT2D eigenvalue weighted by Gasteiger charge is -2.16. The van der Waals surface area contributed by atoms with Gasteiger partial charge in [0.1, 0.15) is 15.3 Å². The summed E-state index contributed by atoms with van der Waals surface area (Å²) < 4.78 is 0.580. The molecule has 3 rings (SSSR count). The van der Waals surface area contributed by atoms with Crippen molar-refractivity contribution in [2.75, 3.05) is 16.8 Å². The number of hydrogen-bond donors (Lipinski definition) is 2. The van der Waals surface area contributed by atoms with Crippen molar-refractivity contribution in [2.24, 2.45) is 0 Å². The van der Waals surface area contributed by atoms with Gasteiger partial charge in [0.05, 0.1) is 5.69 Å². The standard InChI is InChI=1S/C17H16N2O2S2/c1-11-2-6-13(7-3-11)19-16(21)15(23-17(19)22)10-18-12-4-8-14(20)9-5-12/h2-9,15,18,20H,10H2,1H3.